The van der Waals surface area contributed by atoms with E-state index in [1.807, 2.05) is 0 Å². The van der Waals surface area contributed by atoms with Crippen LogP contribution in [0, 0.1) is 0 Å². The molecule has 0 N–H and O–H groups in total. The molecule has 0 spiro atoms. The van der Waals surface area contributed by atoms with Gasteiger partial charge in [-0.1, -0.05) is 34.3 Å². The number of rotatable bonds is 1. The van der Waals surface area contributed by atoms with Crippen molar-refractivity contribution in [3.8, 4) is 0 Å². The molecule has 0 saturated carbocycles. The second-order valence-electron chi connectivity index (χ2n) is 4.42. The van der Waals surface area contributed by atoms with Crippen LogP contribution in [-0.4, -0.2) is 13.4 Å². The summed E-state index contributed by atoms with van der Waals surface area (Å²) in [6.07, 6.45) is 5.97. The fraction of sp³-hybridized carbons (Fsp3) is 0.364. The first-order valence-corrected chi connectivity index (χ1v) is 8.81. The summed E-state index contributed by atoms with van der Waals surface area (Å²) >= 11 is 0. The van der Waals surface area contributed by atoms with Gasteiger partial charge >= 0.3 is 26.2 Å². The fourth-order valence-corrected chi connectivity index (χ4v) is 8.33. The van der Waals surface area contributed by atoms with Gasteiger partial charge in [0, 0.05) is 5.31 Å². The Morgan fingerprint density at radius 3 is 2.38 bits per heavy atom. The summed E-state index contributed by atoms with van der Waals surface area (Å²) in [6.45, 7) is 7.28. The summed E-state index contributed by atoms with van der Waals surface area (Å²) in [6, 6.07) is 0. The minimum absolute atomic E-state index is 0. The standard InChI is InChI=1S/C11H13PSi.2ClH.Zr/c1-4-7-11-10-8(12-7)5-6-9(10)13(11,2)3;;;/h5-6H,4H2,1-3H3;2*1H;/q;;;+2/p-2. The molecular formula is C11H13Cl2PSiZr. The largest absolute Gasteiger partial charge is 2.00 e. The van der Waals surface area contributed by atoms with Crippen molar-refractivity contribution < 1.29 is 51.0 Å². The third-order valence-electron chi connectivity index (χ3n) is 3.36. The van der Waals surface area contributed by atoms with Gasteiger partial charge in [0.1, 0.15) is 8.07 Å². The van der Waals surface area contributed by atoms with Gasteiger partial charge in [-0.2, -0.15) is 0 Å². The van der Waals surface area contributed by atoms with Gasteiger partial charge in [0.05, 0.1) is 0 Å². The molecule has 5 heteroatoms. The maximum Gasteiger partial charge on any atom is 2.00 e. The number of halogens is 2. The average molecular weight is 366 g/mol. The zero-order chi connectivity index (χ0) is 9.22. The van der Waals surface area contributed by atoms with Crippen LogP contribution in [0.1, 0.15) is 13.3 Å². The van der Waals surface area contributed by atoms with Crippen molar-refractivity contribution in [3.05, 3.63) is 33.4 Å². The molecule has 2 aliphatic heterocycles. The zero-order valence-corrected chi connectivity index (χ0v) is 15.4. The predicted octanol–water partition coefficient (Wildman–Crippen LogP) is -2.54. The van der Waals surface area contributed by atoms with Gasteiger partial charge in [0.2, 0.25) is 0 Å². The van der Waals surface area contributed by atoms with Crippen LogP contribution in [0.5, 0.6) is 0 Å². The van der Waals surface area contributed by atoms with Gasteiger partial charge in [-0.05, 0) is 33.8 Å². The molecular weight excluding hydrogens is 353 g/mol. The van der Waals surface area contributed by atoms with Crippen molar-refractivity contribution in [1.82, 2.24) is 0 Å². The Kier molecular flexibility index (Phi) is 5.73. The number of allylic oxidation sites excluding steroid dienone is 6. The fourth-order valence-electron chi connectivity index (χ4n) is 2.69. The molecule has 0 fully saturated rings. The minimum Gasteiger partial charge on any atom is -1.00 e. The second-order valence-corrected chi connectivity index (χ2v) is 9.95. The van der Waals surface area contributed by atoms with Crippen molar-refractivity contribution in [2.45, 2.75) is 26.4 Å². The summed E-state index contributed by atoms with van der Waals surface area (Å²) in [7, 11) is 0.406. The molecule has 3 aliphatic rings. The molecule has 0 bridgehead atoms. The van der Waals surface area contributed by atoms with Crippen molar-refractivity contribution in [1.29, 1.82) is 0 Å². The molecule has 0 nitrogen and oxygen atoms in total. The Balaban J connectivity index is 0.000000750. The van der Waals surface area contributed by atoms with Crippen LogP contribution in [0.25, 0.3) is 0 Å². The maximum absolute atomic E-state index is 2.49. The molecule has 3 rings (SSSR count). The molecule has 0 radical (unpaired) electrons. The van der Waals surface area contributed by atoms with Crippen LogP contribution in [0.3, 0.4) is 0 Å². The zero-order valence-electron chi connectivity index (χ0n) is 9.56. The first-order chi connectivity index (χ1) is 6.16. The molecule has 2 heterocycles. The summed E-state index contributed by atoms with van der Waals surface area (Å²) in [5, 5.41) is 6.82. The average Bonchev–Trinajstić information content (AvgIpc) is 2.54. The molecule has 0 amide bonds. The first-order valence-electron chi connectivity index (χ1n) is 4.92. The van der Waals surface area contributed by atoms with E-state index in [4.69, 9.17) is 0 Å². The van der Waals surface area contributed by atoms with E-state index in [2.05, 4.69) is 32.2 Å². The Bertz CT molecular complexity index is 447. The molecule has 0 aromatic carbocycles. The molecule has 1 aliphatic carbocycles. The Hall–Kier alpha value is 1.07. The summed E-state index contributed by atoms with van der Waals surface area (Å²) in [5.74, 6) is 0. The van der Waals surface area contributed by atoms with Crippen LogP contribution in [-0.2, 0) is 26.2 Å². The van der Waals surface area contributed by atoms with E-state index in [9.17, 15) is 0 Å². The topological polar surface area (TPSA) is 0 Å². The van der Waals surface area contributed by atoms with Crippen LogP contribution in [0.15, 0.2) is 33.4 Å². The molecule has 0 aromatic rings. The number of hydrogen-bond donors (Lipinski definition) is 0. The predicted molar refractivity (Wildman–Crippen MR) is 62.9 cm³/mol. The van der Waals surface area contributed by atoms with E-state index in [-0.39, 0.29) is 51.0 Å². The minimum atomic E-state index is -1.11. The van der Waals surface area contributed by atoms with Gasteiger partial charge < -0.3 is 24.8 Å². The van der Waals surface area contributed by atoms with Crippen molar-refractivity contribution >= 4 is 21.6 Å². The molecule has 84 valence electrons. The van der Waals surface area contributed by atoms with E-state index in [0.717, 1.165) is 0 Å². The second kappa shape index (κ2) is 5.37. The quantitative estimate of drug-likeness (QED) is 0.354. The molecule has 16 heavy (non-hydrogen) atoms. The summed E-state index contributed by atoms with van der Waals surface area (Å²) < 4.78 is 0. The molecule has 0 saturated heterocycles. The van der Waals surface area contributed by atoms with Crippen molar-refractivity contribution in [2.75, 3.05) is 0 Å². The van der Waals surface area contributed by atoms with Crippen LogP contribution >= 0.6 is 8.20 Å². The maximum atomic E-state index is 2.49. The van der Waals surface area contributed by atoms with Crippen LogP contribution < -0.4 is 24.8 Å². The monoisotopic (exact) mass is 364 g/mol. The smallest absolute Gasteiger partial charge is 1.00 e. The van der Waals surface area contributed by atoms with E-state index in [1.54, 1.807) is 26.6 Å². The van der Waals surface area contributed by atoms with Gasteiger partial charge in [0.15, 0.2) is 0 Å². The van der Waals surface area contributed by atoms with E-state index in [0.29, 0.717) is 0 Å². The van der Waals surface area contributed by atoms with E-state index < -0.39 is 8.07 Å². The first kappa shape index (κ1) is 17.1. The number of hydrogen-bond acceptors (Lipinski definition) is 0. The van der Waals surface area contributed by atoms with Gasteiger partial charge in [-0.25, -0.2) is 0 Å². The van der Waals surface area contributed by atoms with Gasteiger partial charge in [-0.15, -0.1) is 0 Å². The van der Waals surface area contributed by atoms with Crippen molar-refractivity contribution in [3.63, 3.8) is 0 Å². The molecule has 0 aromatic heterocycles. The summed E-state index contributed by atoms with van der Waals surface area (Å²) in [4.78, 5) is 0. The summed E-state index contributed by atoms with van der Waals surface area (Å²) in [5.41, 5.74) is 1.66. The molecule has 0 unspecified atom stereocenters. The Labute approximate surface area is 131 Å². The van der Waals surface area contributed by atoms with Crippen LogP contribution in [0.4, 0.5) is 0 Å². The van der Waals surface area contributed by atoms with Crippen LogP contribution in [0.2, 0.25) is 13.1 Å². The third-order valence-corrected chi connectivity index (χ3v) is 8.56. The van der Waals surface area contributed by atoms with E-state index in [1.165, 1.54) is 14.6 Å². The van der Waals surface area contributed by atoms with Gasteiger partial charge in [-0.3, -0.25) is 0 Å². The van der Waals surface area contributed by atoms with E-state index >= 15 is 0 Å². The molecule has 0 atom stereocenters. The normalized spacial score (nSPS) is 22.6. The van der Waals surface area contributed by atoms with Gasteiger partial charge in [0.25, 0.3) is 0 Å². The Morgan fingerprint density at radius 1 is 1.19 bits per heavy atom. The Morgan fingerprint density at radius 2 is 1.81 bits per heavy atom. The SMILES string of the molecule is CCC1=PC2=CC=C3C2=C1[Si]3(C)C.[Cl-].[Cl-].[Zr+2]. The van der Waals surface area contributed by atoms with Crippen molar-refractivity contribution in [2.24, 2.45) is 0 Å². The third kappa shape index (κ3) is 1.86.